The average molecular weight is 275 g/mol. The molecule has 0 aliphatic rings. The molecule has 20 heavy (non-hydrogen) atoms. The van der Waals surface area contributed by atoms with Crippen molar-refractivity contribution in [2.75, 3.05) is 0 Å². The number of nitrogens with two attached hydrogens (primary N) is 1. The van der Waals surface area contributed by atoms with Gasteiger partial charge < -0.3 is 10.5 Å². The molecular formula is C14H21N5O. The second kappa shape index (κ2) is 6.00. The fourth-order valence-corrected chi connectivity index (χ4v) is 2.31. The first-order valence-corrected chi connectivity index (χ1v) is 6.86. The predicted molar refractivity (Wildman–Crippen MR) is 76.7 cm³/mol. The first-order valence-electron chi connectivity index (χ1n) is 6.86. The van der Waals surface area contributed by atoms with E-state index in [2.05, 4.69) is 29.1 Å². The SMILES string of the molecule is CCc1nnc(Oc2cc(C)nn2C)c(CN)c1CC. The zero-order valence-corrected chi connectivity index (χ0v) is 12.5. The van der Waals surface area contributed by atoms with Crippen LogP contribution in [0.5, 0.6) is 11.8 Å². The van der Waals surface area contributed by atoms with Gasteiger partial charge in [0.2, 0.25) is 11.8 Å². The van der Waals surface area contributed by atoms with E-state index in [0.717, 1.165) is 35.4 Å². The van der Waals surface area contributed by atoms with Crippen molar-refractivity contribution in [3.8, 4) is 11.8 Å². The number of aromatic nitrogens is 4. The third-order valence-electron chi connectivity index (χ3n) is 3.29. The Hall–Kier alpha value is -1.95. The summed E-state index contributed by atoms with van der Waals surface area (Å²) < 4.78 is 7.52. The van der Waals surface area contributed by atoms with Crippen LogP contribution in [0.15, 0.2) is 6.07 Å². The van der Waals surface area contributed by atoms with Crippen LogP contribution in [0.2, 0.25) is 0 Å². The molecule has 0 aliphatic carbocycles. The Bertz CT molecular complexity index is 606. The molecule has 2 aromatic heterocycles. The molecule has 0 aliphatic heterocycles. The van der Waals surface area contributed by atoms with Crippen LogP contribution in [0.4, 0.5) is 0 Å². The number of aryl methyl sites for hydroxylation is 3. The highest BCUT2D eigenvalue weighted by Gasteiger charge is 2.16. The van der Waals surface area contributed by atoms with Gasteiger partial charge in [0.05, 0.1) is 11.4 Å². The molecule has 0 fully saturated rings. The van der Waals surface area contributed by atoms with Gasteiger partial charge in [-0.15, -0.1) is 5.10 Å². The smallest absolute Gasteiger partial charge is 0.245 e. The van der Waals surface area contributed by atoms with Crippen LogP contribution in [-0.4, -0.2) is 20.0 Å². The van der Waals surface area contributed by atoms with Gasteiger partial charge in [0.1, 0.15) is 0 Å². The Morgan fingerprint density at radius 2 is 1.95 bits per heavy atom. The summed E-state index contributed by atoms with van der Waals surface area (Å²) in [5.74, 6) is 1.11. The van der Waals surface area contributed by atoms with E-state index in [0.29, 0.717) is 18.3 Å². The first-order chi connectivity index (χ1) is 9.60. The van der Waals surface area contributed by atoms with Gasteiger partial charge in [0.15, 0.2) is 0 Å². The van der Waals surface area contributed by atoms with E-state index in [1.54, 1.807) is 4.68 Å². The van der Waals surface area contributed by atoms with Crippen LogP contribution >= 0.6 is 0 Å². The molecule has 0 saturated carbocycles. The van der Waals surface area contributed by atoms with E-state index < -0.39 is 0 Å². The summed E-state index contributed by atoms with van der Waals surface area (Å²) in [6.45, 7) is 6.46. The minimum atomic E-state index is 0.387. The van der Waals surface area contributed by atoms with Crippen LogP contribution in [0.1, 0.15) is 36.4 Å². The third kappa shape index (κ3) is 2.65. The molecule has 2 rings (SSSR count). The molecule has 2 heterocycles. The highest BCUT2D eigenvalue weighted by atomic mass is 16.5. The molecular weight excluding hydrogens is 254 g/mol. The molecule has 6 nitrogen and oxygen atoms in total. The largest absolute Gasteiger partial charge is 0.419 e. The molecule has 6 heteroatoms. The monoisotopic (exact) mass is 275 g/mol. The van der Waals surface area contributed by atoms with Gasteiger partial charge in [-0.2, -0.15) is 10.2 Å². The molecule has 108 valence electrons. The Morgan fingerprint density at radius 1 is 1.20 bits per heavy atom. The topological polar surface area (TPSA) is 78.9 Å². The average Bonchev–Trinajstić information content (AvgIpc) is 2.76. The fourth-order valence-electron chi connectivity index (χ4n) is 2.31. The number of rotatable bonds is 5. The van der Waals surface area contributed by atoms with Gasteiger partial charge in [-0.05, 0) is 25.3 Å². The lowest BCUT2D eigenvalue weighted by Crippen LogP contribution is -2.11. The van der Waals surface area contributed by atoms with E-state index in [4.69, 9.17) is 10.5 Å². The van der Waals surface area contributed by atoms with Crippen molar-refractivity contribution in [1.29, 1.82) is 0 Å². The molecule has 0 spiro atoms. The normalized spacial score (nSPS) is 10.8. The van der Waals surface area contributed by atoms with E-state index in [9.17, 15) is 0 Å². The summed E-state index contributed by atoms with van der Waals surface area (Å²) in [6, 6.07) is 1.86. The van der Waals surface area contributed by atoms with Gasteiger partial charge in [-0.3, -0.25) is 0 Å². The highest BCUT2D eigenvalue weighted by molar-refractivity contribution is 5.38. The zero-order chi connectivity index (χ0) is 14.7. The molecule has 0 radical (unpaired) electrons. The summed E-state index contributed by atoms with van der Waals surface area (Å²) in [5, 5.41) is 12.7. The third-order valence-corrected chi connectivity index (χ3v) is 3.29. The van der Waals surface area contributed by atoms with Gasteiger partial charge in [0, 0.05) is 25.2 Å². The Kier molecular flexibility index (Phi) is 4.34. The van der Waals surface area contributed by atoms with E-state index in [1.807, 2.05) is 20.0 Å². The van der Waals surface area contributed by atoms with Crippen LogP contribution < -0.4 is 10.5 Å². The Balaban J connectivity index is 2.44. The molecule has 0 saturated heterocycles. The lowest BCUT2D eigenvalue weighted by Gasteiger charge is -2.14. The minimum Gasteiger partial charge on any atom is -0.419 e. The first kappa shape index (κ1) is 14.5. The molecule has 2 aromatic rings. The van der Waals surface area contributed by atoms with Crippen LogP contribution in [0.25, 0.3) is 0 Å². The summed E-state index contributed by atoms with van der Waals surface area (Å²) in [5.41, 5.74) is 9.83. The van der Waals surface area contributed by atoms with E-state index >= 15 is 0 Å². The van der Waals surface area contributed by atoms with E-state index in [1.165, 1.54) is 0 Å². The Labute approximate surface area is 119 Å². The standard InChI is InChI=1S/C14H21N5O/c1-5-10-11(8-15)14(17-16-12(10)6-2)20-13-7-9(3)18-19(13)4/h7H,5-6,8,15H2,1-4H3. The number of hydrogen-bond donors (Lipinski definition) is 1. The second-order valence-corrected chi connectivity index (χ2v) is 4.67. The maximum absolute atomic E-state index is 5.88. The summed E-state index contributed by atoms with van der Waals surface area (Å²) in [4.78, 5) is 0. The van der Waals surface area contributed by atoms with Gasteiger partial charge in [0.25, 0.3) is 0 Å². The fraction of sp³-hybridized carbons (Fsp3) is 0.500. The number of ether oxygens (including phenoxy) is 1. The van der Waals surface area contributed by atoms with Crippen molar-refractivity contribution in [3.63, 3.8) is 0 Å². The summed E-state index contributed by atoms with van der Waals surface area (Å²) in [7, 11) is 1.83. The van der Waals surface area contributed by atoms with Gasteiger partial charge in [-0.25, -0.2) is 4.68 Å². The highest BCUT2D eigenvalue weighted by Crippen LogP contribution is 2.27. The molecule has 0 atom stereocenters. The molecule has 0 unspecified atom stereocenters. The number of nitrogens with zero attached hydrogens (tertiary/aromatic N) is 4. The van der Waals surface area contributed by atoms with Crippen molar-refractivity contribution >= 4 is 0 Å². The van der Waals surface area contributed by atoms with Crippen molar-refractivity contribution in [1.82, 2.24) is 20.0 Å². The van der Waals surface area contributed by atoms with Crippen LogP contribution in [0.3, 0.4) is 0 Å². The molecule has 0 bridgehead atoms. The predicted octanol–water partition coefficient (Wildman–Crippen LogP) is 1.89. The maximum atomic E-state index is 5.88. The van der Waals surface area contributed by atoms with Crippen molar-refractivity contribution in [2.24, 2.45) is 12.8 Å². The van der Waals surface area contributed by atoms with Crippen LogP contribution in [-0.2, 0) is 26.4 Å². The van der Waals surface area contributed by atoms with Crippen molar-refractivity contribution < 1.29 is 4.74 Å². The lowest BCUT2D eigenvalue weighted by atomic mass is 10.0. The molecule has 0 amide bonds. The maximum Gasteiger partial charge on any atom is 0.245 e. The zero-order valence-electron chi connectivity index (χ0n) is 12.5. The lowest BCUT2D eigenvalue weighted by molar-refractivity contribution is 0.403. The van der Waals surface area contributed by atoms with E-state index in [-0.39, 0.29) is 0 Å². The summed E-state index contributed by atoms with van der Waals surface area (Å²) in [6.07, 6.45) is 1.71. The van der Waals surface area contributed by atoms with Crippen molar-refractivity contribution in [3.05, 3.63) is 28.6 Å². The molecule has 2 N–H and O–H groups in total. The minimum absolute atomic E-state index is 0.387. The quantitative estimate of drug-likeness (QED) is 0.901. The second-order valence-electron chi connectivity index (χ2n) is 4.67. The Morgan fingerprint density at radius 3 is 2.45 bits per heavy atom. The van der Waals surface area contributed by atoms with Crippen molar-refractivity contribution in [2.45, 2.75) is 40.2 Å². The van der Waals surface area contributed by atoms with Crippen LogP contribution in [0, 0.1) is 6.92 Å². The van der Waals surface area contributed by atoms with Gasteiger partial charge in [-0.1, -0.05) is 13.8 Å². The number of hydrogen-bond acceptors (Lipinski definition) is 5. The molecule has 0 aromatic carbocycles. The van der Waals surface area contributed by atoms with Gasteiger partial charge >= 0.3 is 0 Å². The summed E-state index contributed by atoms with van der Waals surface area (Å²) >= 11 is 0.